The van der Waals surface area contributed by atoms with E-state index in [9.17, 15) is 14.4 Å². The maximum atomic E-state index is 12.9. The highest BCUT2D eigenvalue weighted by molar-refractivity contribution is 9.10. The van der Waals surface area contributed by atoms with Crippen molar-refractivity contribution in [3.05, 3.63) is 62.1 Å². The molecular formula is C18H11BrCl2N2O4. The maximum Gasteiger partial charge on any atom is 0.336 e. The van der Waals surface area contributed by atoms with Crippen molar-refractivity contribution in [2.75, 3.05) is 12.0 Å². The van der Waals surface area contributed by atoms with E-state index < -0.39 is 17.8 Å². The fraction of sp³-hybridized carbons (Fsp3) is 0.0556. The normalized spacial score (nSPS) is 15.9. The van der Waals surface area contributed by atoms with Gasteiger partial charge in [-0.3, -0.25) is 14.9 Å². The number of carbonyl (C=O) groups is 3. The number of nitrogens with one attached hydrogen (secondary N) is 1. The lowest BCUT2D eigenvalue weighted by molar-refractivity contribution is -0.122. The van der Waals surface area contributed by atoms with Gasteiger partial charge < -0.3 is 4.74 Å². The monoisotopic (exact) mass is 468 g/mol. The van der Waals surface area contributed by atoms with Crippen LogP contribution in [0.4, 0.5) is 10.5 Å². The highest BCUT2D eigenvalue weighted by Gasteiger charge is 2.38. The smallest absolute Gasteiger partial charge is 0.336 e. The molecule has 2 aromatic carbocycles. The van der Waals surface area contributed by atoms with E-state index in [1.807, 2.05) is 0 Å². The second-order valence-corrected chi connectivity index (χ2v) is 7.12. The third kappa shape index (κ3) is 3.71. The van der Waals surface area contributed by atoms with E-state index in [1.165, 1.54) is 25.3 Å². The van der Waals surface area contributed by atoms with Crippen molar-refractivity contribution >= 4 is 68.7 Å². The summed E-state index contributed by atoms with van der Waals surface area (Å²) >= 11 is 15.4. The van der Waals surface area contributed by atoms with Gasteiger partial charge in [0.1, 0.15) is 11.3 Å². The predicted octanol–water partition coefficient (Wildman–Crippen LogP) is 4.43. The molecule has 0 unspecified atom stereocenters. The predicted molar refractivity (Wildman–Crippen MR) is 106 cm³/mol. The number of anilines is 1. The first-order chi connectivity index (χ1) is 12.8. The van der Waals surface area contributed by atoms with Crippen LogP contribution in [0.25, 0.3) is 6.08 Å². The Morgan fingerprint density at radius 3 is 2.59 bits per heavy atom. The summed E-state index contributed by atoms with van der Waals surface area (Å²) in [5.41, 5.74) is 0.310. The van der Waals surface area contributed by atoms with Gasteiger partial charge in [-0.15, -0.1) is 0 Å². The van der Waals surface area contributed by atoms with Gasteiger partial charge in [0.05, 0.1) is 22.8 Å². The Morgan fingerprint density at radius 2 is 1.89 bits per heavy atom. The number of hydrogen-bond acceptors (Lipinski definition) is 4. The summed E-state index contributed by atoms with van der Waals surface area (Å²) in [7, 11) is 1.47. The third-order valence-electron chi connectivity index (χ3n) is 3.77. The maximum absolute atomic E-state index is 12.9. The van der Waals surface area contributed by atoms with Crippen LogP contribution >= 0.6 is 39.1 Å². The Hall–Kier alpha value is -2.35. The molecule has 0 aliphatic carbocycles. The number of methoxy groups -OCH3 is 1. The molecule has 0 radical (unpaired) electrons. The molecule has 1 aliphatic rings. The van der Waals surface area contributed by atoms with E-state index >= 15 is 0 Å². The molecule has 0 atom stereocenters. The molecule has 0 aromatic heterocycles. The first kappa shape index (κ1) is 19.4. The Bertz CT molecular complexity index is 1010. The second kappa shape index (κ2) is 7.72. The summed E-state index contributed by atoms with van der Waals surface area (Å²) in [5.74, 6) is -1.19. The standard InChI is InChI=1S/C18H11BrCl2N2O4/c1-27-14-6-5-10(19)7-9(14)8-11-16(24)22-18(26)23(17(11)25)13-4-2-3-12(20)15(13)21/h2-8H,1H3,(H,22,24,26)/b11-8+. The molecule has 1 fully saturated rings. The van der Waals surface area contributed by atoms with Gasteiger partial charge in [0.25, 0.3) is 11.8 Å². The van der Waals surface area contributed by atoms with Crippen LogP contribution in [0.2, 0.25) is 10.0 Å². The minimum absolute atomic E-state index is 0.0244. The number of nitrogens with zero attached hydrogens (tertiary/aromatic N) is 1. The van der Waals surface area contributed by atoms with Crippen molar-refractivity contribution in [2.45, 2.75) is 0 Å². The lowest BCUT2D eigenvalue weighted by Crippen LogP contribution is -2.54. The fourth-order valence-electron chi connectivity index (χ4n) is 2.51. The average Bonchev–Trinajstić information content (AvgIpc) is 2.62. The highest BCUT2D eigenvalue weighted by Crippen LogP contribution is 2.34. The van der Waals surface area contributed by atoms with E-state index in [4.69, 9.17) is 27.9 Å². The van der Waals surface area contributed by atoms with Gasteiger partial charge in [-0.05, 0) is 36.4 Å². The van der Waals surface area contributed by atoms with Gasteiger partial charge in [-0.1, -0.05) is 45.2 Å². The van der Waals surface area contributed by atoms with E-state index in [-0.39, 0.29) is 21.3 Å². The SMILES string of the molecule is COc1ccc(Br)cc1/C=C1\C(=O)NC(=O)N(c2cccc(Cl)c2Cl)C1=O. The number of amides is 4. The summed E-state index contributed by atoms with van der Waals surface area (Å²) in [6.45, 7) is 0. The highest BCUT2D eigenvalue weighted by atomic mass is 79.9. The topological polar surface area (TPSA) is 75.7 Å². The molecule has 3 rings (SSSR count). The summed E-state index contributed by atoms with van der Waals surface area (Å²) in [6, 6.07) is 8.73. The van der Waals surface area contributed by atoms with Crippen molar-refractivity contribution in [1.82, 2.24) is 5.32 Å². The molecule has 138 valence electrons. The van der Waals surface area contributed by atoms with Crippen LogP contribution in [-0.2, 0) is 9.59 Å². The number of urea groups is 1. The molecule has 2 aromatic rings. The quantitative estimate of drug-likeness (QED) is 0.532. The molecule has 0 bridgehead atoms. The number of carbonyl (C=O) groups excluding carboxylic acids is 3. The molecule has 0 saturated carbocycles. The van der Waals surface area contributed by atoms with Crippen molar-refractivity contribution in [3.63, 3.8) is 0 Å². The van der Waals surface area contributed by atoms with Crippen molar-refractivity contribution in [2.24, 2.45) is 0 Å². The molecule has 9 heteroatoms. The summed E-state index contributed by atoms with van der Waals surface area (Å²) in [5, 5.41) is 2.33. The van der Waals surface area contributed by atoms with Crippen molar-refractivity contribution in [3.8, 4) is 5.75 Å². The van der Waals surface area contributed by atoms with Gasteiger partial charge >= 0.3 is 6.03 Å². The Balaban J connectivity index is 2.11. The molecule has 1 aliphatic heterocycles. The molecule has 1 saturated heterocycles. The molecule has 0 spiro atoms. The lowest BCUT2D eigenvalue weighted by atomic mass is 10.1. The van der Waals surface area contributed by atoms with E-state index in [2.05, 4.69) is 21.2 Å². The minimum atomic E-state index is -0.910. The van der Waals surface area contributed by atoms with E-state index in [0.717, 1.165) is 9.37 Å². The minimum Gasteiger partial charge on any atom is -0.496 e. The molecule has 27 heavy (non-hydrogen) atoms. The van der Waals surface area contributed by atoms with Gasteiger partial charge in [-0.2, -0.15) is 0 Å². The molecule has 4 amide bonds. The van der Waals surface area contributed by atoms with E-state index in [0.29, 0.717) is 11.3 Å². The number of halogens is 3. The van der Waals surface area contributed by atoms with Crippen LogP contribution in [-0.4, -0.2) is 25.0 Å². The largest absolute Gasteiger partial charge is 0.496 e. The van der Waals surface area contributed by atoms with E-state index in [1.54, 1.807) is 24.3 Å². The van der Waals surface area contributed by atoms with Crippen LogP contribution < -0.4 is 15.0 Å². The van der Waals surface area contributed by atoms with Gasteiger partial charge in [0.15, 0.2) is 0 Å². The van der Waals surface area contributed by atoms with Gasteiger partial charge in [0, 0.05) is 10.0 Å². The van der Waals surface area contributed by atoms with Gasteiger partial charge in [0.2, 0.25) is 0 Å². The zero-order valence-electron chi connectivity index (χ0n) is 13.8. The first-order valence-corrected chi connectivity index (χ1v) is 9.07. The zero-order valence-corrected chi connectivity index (χ0v) is 16.9. The Kier molecular flexibility index (Phi) is 5.55. The number of rotatable bonds is 3. The zero-order chi connectivity index (χ0) is 19.7. The molecular weight excluding hydrogens is 459 g/mol. The first-order valence-electron chi connectivity index (χ1n) is 7.52. The fourth-order valence-corrected chi connectivity index (χ4v) is 3.27. The van der Waals surface area contributed by atoms with Crippen molar-refractivity contribution < 1.29 is 19.1 Å². The number of imide groups is 2. The summed E-state index contributed by atoms with van der Waals surface area (Å²) < 4.78 is 5.98. The summed E-state index contributed by atoms with van der Waals surface area (Å²) in [4.78, 5) is 38.2. The van der Waals surface area contributed by atoms with Crippen LogP contribution in [0, 0.1) is 0 Å². The van der Waals surface area contributed by atoms with Crippen LogP contribution in [0.3, 0.4) is 0 Å². The number of hydrogen-bond donors (Lipinski definition) is 1. The lowest BCUT2D eigenvalue weighted by Gasteiger charge is -2.27. The van der Waals surface area contributed by atoms with Crippen LogP contribution in [0.15, 0.2) is 46.4 Å². The Morgan fingerprint density at radius 1 is 1.15 bits per heavy atom. The molecule has 1 heterocycles. The number of ether oxygens (including phenoxy) is 1. The van der Waals surface area contributed by atoms with Crippen LogP contribution in [0.5, 0.6) is 5.75 Å². The van der Waals surface area contributed by atoms with Crippen LogP contribution in [0.1, 0.15) is 5.56 Å². The summed E-state index contributed by atoms with van der Waals surface area (Å²) in [6.07, 6.45) is 1.35. The third-order valence-corrected chi connectivity index (χ3v) is 5.07. The molecule has 1 N–H and O–H groups in total. The number of barbiturate groups is 1. The van der Waals surface area contributed by atoms with Gasteiger partial charge in [-0.25, -0.2) is 9.69 Å². The Labute approximate surface area is 172 Å². The number of benzene rings is 2. The molecule has 6 nitrogen and oxygen atoms in total. The van der Waals surface area contributed by atoms with Crippen molar-refractivity contribution in [1.29, 1.82) is 0 Å². The average molecular weight is 470 g/mol. The second-order valence-electron chi connectivity index (χ2n) is 5.42.